The predicted molar refractivity (Wildman–Crippen MR) is 32.0 cm³/mol. The first kappa shape index (κ1) is 15.9. The van der Waals surface area contributed by atoms with E-state index in [1.165, 1.54) is 0 Å². The van der Waals surface area contributed by atoms with Gasteiger partial charge in [-0.1, -0.05) is 6.92 Å². The molecule has 38 valence electrons. The van der Waals surface area contributed by atoms with Gasteiger partial charge >= 0.3 is 51.4 Å². The summed E-state index contributed by atoms with van der Waals surface area (Å²) in [6, 6.07) is 0. The predicted octanol–water partition coefficient (Wildman–Crippen LogP) is -3.08. The van der Waals surface area contributed by atoms with E-state index in [2.05, 4.69) is 0 Å². The number of hydrogen-bond acceptors (Lipinski definition) is 1. The number of hydrogen-bond donors (Lipinski definition) is 0. The second-order valence-corrected chi connectivity index (χ2v) is 0.955. The van der Waals surface area contributed by atoms with E-state index >= 15 is 0 Å². The Hall–Kier alpha value is 1.84. The van der Waals surface area contributed by atoms with Gasteiger partial charge in [0, 0.05) is 6.42 Å². The molecule has 0 bridgehead atoms. The van der Waals surface area contributed by atoms with Gasteiger partial charge in [0.05, 0.1) is 0 Å². The molecule has 0 fully saturated rings. The Balaban J connectivity index is -0.0000000267. The van der Waals surface area contributed by atoms with Crippen LogP contribution in [0.25, 0.3) is 0 Å². The molecule has 0 heterocycles. The summed E-state index contributed by atoms with van der Waals surface area (Å²) >= 11 is 0. The molecule has 0 N–H and O–H groups in total. The van der Waals surface area contributed by atoms with Crippen molar-refractivity contribution in [3.05, 3.63) is 0 Å². The van der Waals surface area contributed by atoms with Crippen molar-refractivity contribution >= 4 is 23.6 Å². The first-order valence-electron chi connectivity index (χ1n) is 1.85. The SMILES string of the molecule is CCCC=O.[AlH3].[H-].[K+]. The Morgan fingerprint density at radius 3 is 2.14 bits per heavy atom. The molecule has 0 aromatic rings. The molecule has 3 heteroatoms. The molecule has 0 aromatic carbocycles. The maximum atomic E-state index is 9.40. The van der Waals surface area contributed by atoms with Crippen molar-refractivity contribution in [2.75, 3.05) is 0 Å². The molecule has 0 aliphatic carbocycles. The standard InChI is InChI=1S/C4H8O.Al.K.4H/c1-2-3-4-5;;;;;;/h4H,2-3H2,1H3;;;;;;/q;;+1;;;;-1. The molecule has 0 aliphatic rings. The molecule has 0 atom stereocenters. The van der Waals surface area contributed by atoms with Crippen molar-refractivity contribution < 1.29 is 57.6 Å². The minimum Gasteiger partial charge on any atom is -1.00 e. The molecule has 0 saturated carbocycles. The smallest absolute Gasteiger partial charge is 1.00 e. The summed E-state index contributed by atoms with van der Waals surface area (Å²) in [6.45, 7) is 1.98. The van der Waals surface area contributed by atoms with E-state index in [-0.39, 0.29) is 70.2 Å². The molecular weight excluding hydrogens is 130 g/mol. The van der Waals surface area contributed by atoms with Crippen molar-refractivity contribution in [2.45, 2.75) is 19.8 Å². The Kier molecular flexibility index (Phi) is 35.6. The van der Waals surface area contributed by atoms with E-state index in [1.54, 1.807) is 0 Å². The normalized spacial score (nSPS) is 5.29. The maximum Gasteiger partial charge on any atom is 1.00 e. The molecule has 0 spiro atoms. The Bertz CT molecular complexity index is 37.2. The molecule has 0 aliphatic heterocycles. The zero-order valence-electron chi connectivity index (χ0n) is 5.40. The zero-order valence-corrected chi connectivity index (χ0v) is 7.52. The van der Waals surface area contributed by atoms with Gasteiger partial charge < -0.3 is 6.22 Å². The second kappa shape index (κ2) is 15.7. The van der Waals surface area contributed by atoms with Gasteiger partial charge in [0.1, 0.15) is 6.29 Å². The van der Waals surface area contributed by atoms with E-state index in [0.29, 0.717) is 6.42 Å². The van der Waals surface area contributed by atoms with Crippen molar-refractivity contribution in [2.24, 2.45) is 0 Å². The third-order valence-corrected chi connectivity index (χ3v) is 0.407. The first-order chi connectivity index (χ1) is 2.41. The quantitative estimate of drug-likeness (QED) is 0.295. The van der Waals surface area contributed by atoms with Crippen LogP contribution in [0.15, 0.2) is 0 Å². The summed E-state index contributed by atoms with van der Waals surface area (Å²) in [5, 5.41) is 0. The van der Waals surface area contributed by atoms with Crippen LogP contribution in [-0.2, 0) is 4.79 Å². The van der Waals surface area contributed by atoms with Crippen LogP contribution in [0.5, 0.6) is 0 Å². The molecule has 7 heavy (non-hydrogen) atoms. The molecule has 0 aromatic heterocycles. The van der Waals surface area contributed by atoms with Crippen LogP contribution in [0.2, 0.25) is 0 Å². The Morgan fingerprint density at radius 2 is 2.14 bits per heavy atom. The fourth-order valence-electron chi connectivity index (χ4n) is 0.118. The Labute approximate surface area is 99.3 Å². The van der Waals surface area contributed by atoms with Crippen molar-refractivity contribution in [1.29, 1.82) is 0 Å². The third kappa shape index (κ3) is 18.1. The van der Waals surface area contributed by atoms with Crippen molar-refractivity contribution in [3.8, 4) is 0 Å². The molecule has 1 nitrogen and oxygen atoms in total. The maximum absolute atomic E-state index is 9.40. The van der Waals surface area contributed by atoms with Crippen LogP contribution in [0.3, 0.4) is 0 Å². The summed E-state index contributed by atoms with van der Waals surface area (Å²) in [5.41, 5.74) is 0. The average Bonchev–Trinajstić information content (AvgIpc) is 1.41. The van der Waals surface area contributed by atoms with E-state index in [9.17, 15) is 4.79 Å². The largest absolute Gasteiger partial charge is 1.00 e. The van der Waals surface area contributed by atoms with Gasteiger partial charge in [0.2, 0.25) is 0 Å². The average molecular weight is 142 g/mol. The summed E-state index contributed by atoms with van der Waals surface area (Å²) in [5.74, 6) is 0. The summed E-state index contributed by atoms with van der Waals surface area (Å²) in [6.07, 6.45) is 2.61. The van der Waals surface area contributed by atoms with Gasteiger partial charge in [-0.15, -0.1) is 0 Å². The van der Waals surface area contributed by atoms with E-state index in [0.717, 1.165) is 12.7 Å². The van der Waals surface area contributed by atoms with Gasteiger partial charge in [-0.05, 0) is 6.42 Å². The van der Waals surface area contributed by atoms with Crippen LogP contribution in [0, 0.1) is 0 Å². The van der Waals surface area contributed by atoms with Crippen LogP contribution in [-0.4, -0.2) is 23.6 Å². The van der Waals surface area contributed by atoms with E-state index < -0.39 is 0 Å². The Morgan fingerprint density at radius 1 is 1.71 bits per heavy atom. The monoisotopic (exact) mass is 142 g/mol. The van der Waals surface area contributed by atoms with Crippen LogP contribution >= 0.6 is 0 Å². The fraction of sp³-hybridized carbons (Fsp3) is 0.750. The van der Waals surface area contributed by atoms with Gasteiger partial charge in [-0.2, -0.15) is 0 Å². The van der Waals surface area contributed by atoms with E-state index in [1.807, 2.05) is 6.92 Å². The van der Waals surface area contributed by atoms with Crippen LogP contribution in [0.1, 0.15) is 21.2 Å². The van der Waals surface area contributed by atoms with Crippen molar-refractivity contribution in [3.63, 3.8) is 0 Å². The van der Waals surface area contributed by atoms with Gasteiger partial charge in [-0.25, -0.2) is 0 Å². The first-order valence-corrected chi connectivity index (χ1v) is 1.85. The zero-order chi connectivity index (χ0) is 4.12. The van der Waals surface area contributed by atoms with Gasteiger partial charge in [-0.3, -0.25) is 0 Å². The second-order valence-electron chi connectivity index (χ2n) is 0.955. The number of carbonyl (C=O) groups excluding carboxylic acids is 1. The number of rotatable bonds is 2. The number of aldehydes is 1. The molecule has 0 rings (SSSR count). The molecule has 0 unspecified atom stereocenters. The number of unbranched alkanes of at least 4 members (excludes halogenated alkanes) is 1. The van der Waals surface area contributed by atoms with Crippen LogP contribution in [0.4, 0.5) is 0 Å². The minimum absolute atomic E-state index is 0. The summed E-state index contributed by atoms with van der Waals surface area (Å²) in [4.78, 5) is 9.40. The number of carbonyl (C=O) groups is 1. The summed E-state index contributed by atoms with van der Waals surface area (Å²) in [7, 11) is 0. The minimum atomic E-state index is 0. The van der Waals surface area contributed by atoms with Crippen LogP contribution < -0.4 is 51.4 Å². The molecule has 0 radical (unpaired) electrons. The third-order valence-electron chi connectivity index (χ3n) is 0.407. The van der Waals surface area contributed by atoms with Crippen molar-refractivity contribution in [1.82, 2.24) is 0 Å². The van der Waals surface area contributed by atoms with Gasteiger partial charge in [0.15, 0.2) is 17.4 Å². The topological polar surface area (TPSA) is 17.1 Å². The van der Waals surface area contributed by atoms with Gasteiger partial charge in [0.25, 0.3) is 0 Å². The molecular formula is C4H12AlKO. The van der Waals surface area contributed by atoms with E-state index in [4.69, 9.17) is 0 Å². The molecule has 0 amide bonds. The molecule has 0 saturated heterocycles. The summed E-state index contributed by atoms with van der Waals surface area (Å²) < 4.78 is 0. The fourth-order valence-corrected chi connectivity index (χ4v) is 0.118.